The first-order chi connectivity index (χ1) is 15.1. The molecule has 0 fully saturated rings. The predicted octanol–water partition coefficient (Wildman–Crippen LogP) is 6.02. The molecule has 0 aromatic heterocycles. The van der Waals surface area contributed by atoms with Crippen LogP contribution in [-0.4, -0.2) is 17.3 Å². The van der Waals surface area contributed by atoms with E-state index >= 15 is 0 Å². The molecule has 0 aliphatic carbocycles. The molecule has 4 aromatic rings. The van der Waals surface area contributed by atoms with Gasteiger partial charge in [-0.05, 0) is 46.0 Å². The minimum absolute atomic E-state index is 0.0277. The van der Waals surface area contributed by atoms with Gasteiger partial charge in [-0.1, -0.05) is 84.9 Å². The number of ketones is 3. The van der Waals surface area contributed by atoms with E-state index in [2.05, 4.69) is 0 Å². The number of rotatable bonds is 8. The molecule has 3 nitrogen and oxygen atoms in total. The van der Waals surface area contributed by atoms with Crippen molar-refractivity contribution in [3.05, 3.63) is 96.1 Å². The van der Waals surface area contributed by atoms with Crippen molar-refractivity contribution >= 4 is 38.9 Å². The maximum absolute atomic E-state index is 13.6. The minimum atomic E-state index is -0.693. The smallest absolute Gasteiger partial charge is 0.210 e. The lowest BCUT2D eigenvalue weighted by atomic mass is 9.81. The highest BCUT2D eigenvalue weighted by Crippen LogP contribution is 2.35. The Morgan fingerprint density at radius 2 is 1.13 bits per heavy atom. The van der Waals surface area contributed by atoms with E-state index in [9.17, 15) is 14.4 Å². The summed E-state index contributed by atoms with van der Waals surface area (Å²) < 4.78 is 0. The molecule has 0 spiro atoms. The average molecular weight is 408 g/mol. The van der Waals surface area contributed by atoms with Crippen molar-refractivity contribution in [2.75, 3.05) is 0 Å². The number of Topliss-reactive ketones (excluding diaryl/α,β-unsaturated/α-hetero) is 3. The zero-order valence-corrected chi connectivity index (χ0v) is 17.5. The zero-order valence-electron chi connectivity index (χ0n) is 17.5. The lowest BCUT2D eigenvalue weighted by molar-refractivity contribution is -0.137. The standard InChI is InChI=1S/C28H24O3/c1-19(29)9-6-18-26(30)28(31)27(24-16-7-12-20-10-2-4-14-22(20)24)25-17-8-13-21-11-3-5-15-23(21)25/h2-5,7-8,10-17,27H,6,9,18H2,1H3. The van der Waals surface area contributed by atoms with Crippen molar-refractivity contribution in [1.82, 2.24) is 0 Å². The van der Waals surface area contributed by atoms with E-state index in [4.69, 9.17) is 0 Å². The molecule has 31 heavy (non-hydrogen) atoms. The van der Waals surface area contributed by atoms with Gasteiger partial charge in [-0.2, -0.15) is 0 Å². The molecular weight excluding hydrogens is 384 g/mol. The summed E-state index contributed by atoms with van der Waals surface area (Å²) in [5.41, 5.74) is 1.67. The van der Waals surface area contributed by atoms with Gasteiger partial charge in [-0.3, -0.25) is 9.59 Å². The molecule has 4 rings (SSSR count). The molecule has 0 aliphatic heterocycles. The highest BCUT2D eigenvalue weighted by Gasteiger charge is 2.30. The third-order valence-electron chi connectivity index (χ3n) is 5.74. The normalized spacial score (nSPS) is 11.2. The predicted molar refractivity (Wildman–Crippen MR) is 124 cm³/mol. The van der Waals surface area contributed by atoms with E-state index in [1.54, 1.807) is 0 Å². The van der Waals surface area contributed by atoms with Crippen LogP contribution in [0.2, 0.25) is 0 Å². The fraction of sp³-hybridized carbons (Fsp3) is 0.179. The Morgan fingerprint density at radius 3 is 1.65 bits per heavy atom. The quantitative estimate of drug-likeness (QED) is 0.335. The van der Waals surface area contributed by atoms with Crippen molar-refractivity contribution in [2.45, 2.75) is 32.1 Å². The summed E-state index contributed by atoms with van der Waals surface area (Å²) >= 11 is 0. The van der Waals surface area contributed by atoms with Gasteiger partial charge in [-0.15, -0.1) is 0 Å². The summed E-state index contributed by atoms with van der Waals surface area (Å²) in [6.45, 7) is 1.50. The van der Waals surface area contributed by atoms with E-state index in [1.165, 1.54) is 6.92 Å². The molecule has 0 atom stereocenters. The van der Waals surface area contributed by atoms with E-state index in [0.29, 0.717) is 12.8 Å². The lowest BCUT2D eigenvalue weighted by Gasteiger charge is -2.20. The van der Waals surface area contributed by atoms with Gasteiger partial charge >= 0.3 is 0 Å². The van der Waals surface area contributed by atoms with Crippen molar-refractivity contribution < 1.29 is 14.4 Å². The first kappa shape index (κ1) is 20.7. The van der Waals surface area contributed by atoms with E-state index < -0.39 is 17.5 Å². The molecule has 0 N–H and O–H groups in total. The van der Waals surface area contributed by atoms with Crippen LogP contribution in [0.1, 0.15) is 43.2 Å². The molecule has 0 bridgehead atoms. The van der Waals surface area contributed by atoms with Gasteiger partial charge in [-0.25, -0.2) is 0 Å². The average Bonchev–Trinajstić information content (AvgIpc) is 2.79. The molecule has 3 heteroatoms. The van der Waals surface area contributed by atoms with E-state index in [0.717, 1.165) is 32.7 Å². The summed E-state index contributed by atoms with van der Waals surface area (Å²) in [5.74, 6) is -1.51. The second-order valence-corrected chi connectivity index (χ2v) is 7.91. The number of carbonyl (C=O) groups excluding carboxylic acids is 3. The van der Waals surface area contributed by atoms with E-state index in [1.807, 2.05) is 84.9 Å². The van der Waals surface area contributed by atoms with Crippen molar-refractivity contribution in [1.29, 1.82) is 0 Å². The molecular formula is C28H24O3. The maximum atomic E-state index is 13.6. The molecule has 0 saturated heterocycles. The van der Waals surface area contributed by atoms with Crippen LogP contribution in [0.5, 0.6) is 0 Å². The number of hydrogen-bond acceptors (Lipinski definition) is 3. The highest BCUT2D eigenvalue weighted by atomic mass is 16.2. The van der Waals surface area contributed by atoms with Gasteiger partial charge in [0.25, 0.3) is 0 Å². The molecule has 0 amide bonds. The Kier molecular flexibility index (Phi) is 6.03. The summed E-state index contributed by atoms with van der Waals surface area (Å²) in [4.78, 5) is 37.8. The maximum Gasteiger partial charge on any atom is 0.210 e. The number of carbonyl (C=O) groups is 3. The van der Waals surface area contributed by atoms with Gasteiger partial charge in [0, 0.05) is 12.8 Å². The van der Waals surface area contributed by atoms with Gasteiger partial charge < -0.3 is 4.79 Å². The van der Waals surface area contributed by atoms with Crippen molar-refractivity contribution in [3.8, 4) is 0 Å². The summed E-state index contributed by atoms with van der Waals surface area (Å²) in [7, 11) is 0. The molecule has 0 radical (unpaired) electrons. The first-order valence-corrected chi connectivity index (χ1v) is 10.6. The fourth-order valence-electron chi connectivity index (χ4n) is 4.24. The summed E-state index contributed by atoms with van der Waals surface area (Å²) in [5, 5.41) is 3.99. The molecule has 4 aromatic carbocycles. The molecule has 154 valence electrons. The lowest BCUT2D eigenvalue weighted by Crippen LogP contribution is -2.24. The van der Waals surface area contributed by atoms with E-state index in [-0.39, 0.29) is 12.2 Å². The molecule has 0 aliphatic rings. The Bertz CT molecular complexity index is 1200. The third kappa shape index (κ3) is 4.31. The second kappa shape index (κ2) is 9.05. The molecule has 0 unspecified atom stereocenters. The molecule has 0 saturated carbocycles. The van der Waals surface area contributed by atoms with Crippen LogP contribution >= 0.6 is 0 Å². The topological polar surface area (TPSA) is 51.2 Å². The van der Waals surface area contributed by atoms with Gasteiger partial charge in [0.2, 0.25) is 5.78 Å². The van der Waals surface area contributed by atoms with Crippen LogP contribution in [0, 0.1) is 0 Å². The Balaban J connectivity index is 1.86. The van der Waals surface area contributed by atoms with Crippen LogP contribution in [0.15, 0.2) is 84.9 Å². The molecule has 0 heterocycles. The van der Waals surface area contributed by atoms with Gasteiger partial charge in [0.1, 0.15) is 5.78 Å². The zero-order chi connectivity index (χ0) is 21.8. The number of hydrogen-bond donors (Lipinski definition) is 0. The first-order valence-electron chi connectivity index (χ1n) is 10.6. The summed E-state index contributed by atoms with van der Waals surface area (Å²) in [6, 6.07) is 27.6. The monoisotopic (exact) mass is 408 g/mol. The Morgan fingerprint density at radius 1 is 0.645 bits per heavy atom. The number of benzene rings is 4. The van der Waals surface area contributed by atoms with Crippen molar-refractivity contribution in [3.63, 3.8) is 0 Å². The second-order valence-electron chi connectivity index (χ2n) is 7.91. The number of fused-ring (bicyclic) bond motifs is 2. The van der Waals surface area contributed by atoms with Gasteiger partial charge in [0.05, 0.1) is 5.92 Å². The Labute approximate surface area is 181 Å². The Hall–Kier alpha value is -3.59. The SMILES string of the molecule is CC(=O)CCCC(=O)C(=O)C(c1cccc2ccccc12)c1cccc2ccccc12. The highest BCUT2D eigenvalue weighted by molar-refractivity contribution is 6.40. The van der Waals surface area contributed by atoms with Crippen LogP contribution in [0.4, 0.5) is 0 Å². The largest absolute Gasteiger partial charge is 0.300 e. The van der Waals surface area contributed by atoms with Crippen LogP contribution < -0.4 is 0 Å². The van der Waals surface area contributed by atoms with Gasteiger partial charge in [0.15, 0.2) is 5.78 Å². The van der Waals surface area contributed by atoms with Crippen LogP contribution in [0.25, 0.3) is 21.5 Å². The van der Waals surface area contributed by atoms with Crippen molar-refractivity contribution in [2.24, 2.45) is 0 Å². The van der Waals surface area contributed by atoms with Crippen LogP contribution in [0.3, 0.4) is 0 Å². The summed E-state index contributed by atoms with van der Waals surface area (Å²) in [6.07, 6.45) is 0.800. The van der Waals surface area contributed by atoms with Crippen LogP contribution in [-0.2, 0) is 14.4 Å². The fourth-order valence-corrected chi connectivity index (χ4v) is 4.24. The third-order valence-corrected chi connectivity index (χ3v) is 5.74. The minimum Gasteiger partial charge on any atom is -0.300 e.